The third-order valence-electron chi connectivity index (χ3n) is 7.50. The van der Waals surface area contributed by atoms with E-state index >= 15 is 0 Å². The summed E-state index contributed by atoms with van der Waals surface area (Å²) in [6.45, 7) is 7.61. The minimum absolute atomic E-state index is 0.00446. The van der Waals surface area contributed by atoms with E-state index in [0.717, 1.165) is 37.8 Å². The first-order valence-corrected chi connectivity index (χ1v) is 13.1. The van der Waals surface area contributed by atoms with Gasteiger partial charge in [-0.25, -0.2) is 0 Å². The molecule has 3 rings (SSSR count). The molecular weight excluding hydrogens is 444 g/mol. The van der Waals surface area contributed by atoms with Gasteiger partial charge in [0.2, 0.25) is 17.7 Å². The van der Waals surface area contributed by atoms with E-state index in [9.17, 15) is 19.5 Å². The lowest BCUT2D eigenvalue weighted by molar-refractivity contribution is -0.140. The highest BCUT2D eigenvalue weighted by Gasteiger charge is 2.50. The lowest BCUT2D eigenvalue weighted by Crippen LogP contribution is -2.55. The maximum Gasteiger partial charge on any atom is 0.243 e. The molecule has 8 nitrogen and oxygen atoms in total. The highest BCUT2D eigenvalue weighted by Crippen LogP contribution is 2.32. The summed E-state index contributed by atoms with van der Waals surface area (Å²) in [5, 5.41) is 20.4. The van der Waals surface area contributed by atoms with Crippen molar-refractivity contribution < 1.29 is 19.5 Å². The average molecular weight is 487 g/mol. The number of hydrogen-bond donors (Lipinski definition) is 4. The molecule has 2 fully saturated rings. The number of unbranched alkanes of at least 4 members (excludes halogenated alkanes) is 1. The summed E-state index contributed by atoms with van der Waals surface area (Å²) < 4.78 is 0. The number of aliphatic hydroxyl groups is 1. The van der Waals surface area contributed by atoms with Crippen molar-refractivity contribution in [2.24, 2.45) is 5.92 Å². The van der Waals surface area contributed by atoms with Crippen LogP contribution in [0.15, 0.2) is 30.3 Å². The smallest absolute Gasteiger partial charge is 0.243 e. The highest BCUT2D eigenvalue weighted by molar-refractivity contribution is 5.94. The summed E-state index contributed by atoms with van der Waals surface area (Å²) in [6, 6.07) is 8.46. The van der Waals surface area contributed by atoms with Gasteiger partial charge < -0.3 is 26.0 Å². The number of carbonyl (C=O) groups is 3. The largest absolute Gasteiger partial charge is 0.391 e. The van der Waals surface area contributed by atoms with Crippen LogP contribution < -0.4 is 16.0 Å². The van der Waals surface area contributed by atoms with Crippen LogP contribution in [0.2, 0.25) is 0 Å². The predicted octanol–water partition coefficient (Wildman–Crippen LogP) is 1.76. The van der Waals surface area contributed by atoms with E-state index in [1.807, 2.05) is 30.3 Å². The SMILES string of the molecule is CCCCNC(=O)[C@H](C)C[C@H](O)[C@H](Cc1ccccc1)NC(=O)[C@H](C)N1CC[C@]2(CCCN2)C1=O. The molecule has 1 aromatic rings. The van der Waals surface area contributed by atoms with Crippen molar-refractivity contribution in [1.82, 2.24) is 20.9 Å². The molecule has 2 aliphatic rings. The maximum atomic E-state index is 13.3. The van der Waals surface area contributed by atoms with Gasteiger partial charge in [-0.1, -0.05) is 50.6 Å². The zero-order chi connectivity index (χ0) is 25.4. The van der Waals surface area contributed by atoms with Crippen molar-refractivity contribution in [3.63, 3.8) is 0 Å². The molecule has 0 aromatic heterocycles. The summed E-state index contributed by atoms with van der Waals surface area (Å²) in [4.78, 5) is 40.5. The van der Waals surface area contributed by atoms with Crippen molar-refractivity contribution >= 4 is 17.7 Å². The molecule has 2 saturated heterocycles. The van der Waals surface area contributed by atoms with Crippen LogP contribution in [-0.4, -0.2) is 71.1 Å². The van der Waals surface area contributed by atoms with Gasteiger partial charge in [-0.15, -0.1) is 0 Å². The Balaban J connectivity index is 1.65. The Morgan fingerprint density at radius 2 is 1.91 bits per heavy atom. The zero-order valence-electron chi connectivity index (χ0n) is 21.4. The van der Waals surface area contributed by atoms with Gasteiger partial charge >= 0.3 is 0 Å². The number of aliphatic hydroxyl groups excluding tert-OH is 1. The van der Waals surface area contributed by atoms with Gasteiger partial charge in [0.05, 0.1) is 17.7 Å². The second-order valence-corrected chi connectivity index (χ2v) is 10.2. The van der Waals surface area contributed by atoms with E-state index in [-0.39, 0.29) is 30.1 Å². The molecule has 2 heterocycles. The summed E-state index contributed by atoms with van der Waals surface area (Å²) in [6.07, 6.45) is 4.17. The number of amides is 3. The van der Waals surface area contributed by atoms with E-state index in [0.29, 0.717) is 25.9 Å². The monoisotopic (exact) mass is 486 g/mol. The van der Waals surface area contributed by atoms with Crippen LogP contribution in [0.4, 0.5) is 0 Å². The van der Waals surface area contributed by atoms with Crippen LogP contribution in [-0.2, 0) is 20.8 Å². The zero-order valence-corrected chi connectivity index (χ0v) is 21.4. The van der Waals surface area contributed by atoms with Gasteiger partial charge in [-0.2, -0.15) is 0 Å². The Bertz CT molecular complexity index is 856. The third-order valence-corrected chi connectivity index (χ3v) is 7.50. The molecule has 0 unspecified atom stereocenters. The van der Waals surface area contributed by atoms with Gasteiger partial charge in [0.15, 0.2) is 0 Å². The molecule has 2 aliphatic heterocycles. The Morgan fingerprint density at radius 1 is 1.17 bits per heavy atom. The highest BCUT2D eigenvalue weighted by atomic mass is 16.3. The average Bonchev–Trinajstić information content (AvgIpc) is 3.46. The molecule has 8 heteroatoms. The van der Waals surface area contributed by atoms with E-state index in [4.69, 9.17) is 0 Å². The minimum Gasteiger partial charge on any atom is -0.391 e. The summed E-state index contributed by atoms with van der Waals surface area (Å²) in [5.74, 6) is -0.765. The van der Waals surface area contributed by atoms with Crippen molar-refractivity contribution in [3.8, 4) is 0 Å². The molecule has 0 saturated carbocycles. The lowest BCUT2D eigenvalue weighted by Gasteiger charge is -2.31. The molecule has 35 heavy (non-hydrogen) atoms. The van der Waals surface area contributed by atoms with E-state index in [2.05, 4.69) is 22.9 Å². The molecular formula is C27H42N4O4. The standard InChI is InChI=1S/C27H42N4O4/c1-4-5-14-28-24(33)19(2)17-23(32)22(18-21-10-7-6-8-11-21)30-25(34)20(3)31-16-13-27(26(31)35)12-9-15-29-27/h6-8,10-11,19-20,22-23,29,32H,4-5,9,12-18H2,1-3H3,(H,28,33)(H,30,34)/t19-,20+,22+,23+,27-/m1/s1. The number of likely N-dealkylation sites (tertiary alicyclic amines) is 1. The molecule has 0 bridgehead atoms. The lowest BCUT2D eigenvalue weighted by atomic mass is 9.93. The van der Waals surface area contributed by atoms with E-state index < -0.39 is 23.7 Å². The third kappa shape index (κ3) is 6.82. The molecule has 1 aromatic carbocycles. The van der Waals surface area contributed by atoms with Gasteiger partial charge in [0.25, 0.3) is 0 Å². The molecule has 3 amide bonds. The normalized spacial score (nSPS) is 23.2. The van der Waals surface area contributed by atoms with Crippen molar-refractivity contribution in [2.75, 3.05) is 19.6 Å². The van der Waals surface area contributed by atoms with E-state index in [1.54, 1.807) is 18.7 Å². The first kappa shape index (κ1) is 27.1. The first-order valence-electron chi connectivity index (χ1n) is 13.1. The predicted molar refractivity (Wildman–Crippen MR) is 136 cm³/mol. The van der Waals surface area contributed by atoms with Gasteiger partial charge in [0.1, 0.15) is 6.04 Å². The van der Waals surface area contributed by atoms with Gasteiger partial charge in [0, 0.05) is 19.0 Å². The number of carbonyl (C=O) groups excluding carboxylic acids is 3. The quantitative estimate of drug-likeness (QED) is 0.337. The van der Waals surface area contributed by atoms with Crippen LogP contribution in [0.5, 0.6) is 0 Å². The minimum atomic E-state index is -0.907. The van der Waals surface area contributed by atoms with Gasteiger partial charge in [-0.3, -0.25) is 14.4 Å². The Hall–Kier alpha value is -2.45. The fourth-order valence-electron chi connectivity index (χ4n) is 5.16. The number of benzene rings is 1. The maximum absolute atomic E-state index is 13.3. The molecule has 194 valence electrons. The first-order chi connectivity index (χ1) is 16.8. The second-order valence-electron chi connectivity index (χ2n) is 10.2. The molecule has 0 aliphatic carbocycles. The summed E-state index contributed by atoms with van der Waals surface area (Å²) in [7, 11) is 0. The fourth-order valence-corrected chi connectivity index (χ4v) is 5.16. The molecule has 1 spiro atoms. The number of rotatable bonds is 12. The molecule has 5 atom stereocenters. The topological polar surface area (TPSA) is 111 Å². The second kappa shape index (κ2) is 12.5. The van der Waals surface area contributed by atoms with Crippen LogP contribution in [0.3, 0.4) is 0 Å². The van der Waals surface area contributed by atoms with Gasteiger partial charge in [-0.05, 0) is 57.6 Å². The fraction of sp³-hybridized carbons (Fsp3) is 0.667. The number of nitrogens with zero attached hydrogens (tertiary/aromatic N) is 1. The van der Waals surface area contributed by atoms with Crippen LogP contribution in [0.25, 0.3) is 0 Å². The van der Waals surface area contributed by atoms with Crippen molar-refractivity contribution in [2.45, 2.75) is 89.4 Å². The Morgan fingerprint density at radius 3 is 2.57 bits per heavy atom. The Labute approximate surface area is 209 Å². The van der Waals surface area contributed by atoms with Crippen LogP contribution >= 0.6 is 0 Å². The van der Waals surface area contributed by atoms with Crippen molar-refractivity contribution in [1.29, 1.82) is 0 Å². The van der Waals surface area contributed by atoms with Crippen LogP contribution in [0.1, 0.15) is 64.9 Å². The molecule has 4 N–H and O–H groups in total. The molecule has 0 radical (unpaired) electrons. The van der Waals surface area contributed by atoms with E-state index in [1.165, 1.54) is 0 Å². The van der Waals surface area contributed by atoms with Crippen molar-refractivity contribution in [3.05, 3.63) is 35.9 Å². The number of hydrogen-bond acceptors (Lipinski definition) is 5. The summed E-state index contributed by atoms with van der Waals surface area (Å²) >= 11 is 0. The number of nitrogens with one attached hydrogen (secondary N) is 3. The Kier molecular flexibility index (Phi) is 9.69. The summed E-state index contributed by atoms with van der Waals surface area (Å²) in [5.41, 5.74) is 0.467. The van der Waals surface area contributed by atoms with Crippen LogP contribution in [0, 0.1) is 5.92 Å².